The number of halogens is 1. The van der Waals surface area contributed by atoms with Crippen LogP contribution in [0.4, 0.5) is 4.39 Å². The summed E-state index contributed by atoms with van der Waals surface area (Å²) in [6.45, 7) is 3.94. The zero-order valence-electron chi connectivity index (χ0n) is 11.9. The minimum atomic E-state index is -0.545. The smallest absolute Gasteiger partial charge is 0.224 e. The summed E-state index contributed by atoms with van der Waals surface area (Å²) in [5.41, 5.74) is 5.97. The van der Waals surface area contributed by atoms with Gasteiger partial charge in [-0.15, -0.1) is 0 Å². The Bertz CT molecular complexity index is 455. The maximum absolute atomic E-state index is 13.5. The van der Waals surface area contributed by atoms with Crippen molar-refractivity contribution in [3.63, 3.8) is 0 Å². The molecule has 0 saturated carbocycles. The lowest BCUT2D eigenvalue weighted by molar-refractivity contribution is -0.131. The van der Waals surface area contributed by atoms with Gasteiger partial charge in [0.1, 0.15) is 0 Å². The second-order valence-electron chi connectivity index (χ2n) is 5.38. The van der Waals surface area contributed by atoms with Crippen molar-refractivity contribution in [3.8, 4) is 5.75 Å². The molecule has 4 nitrogen and oxygen atoms in total. The molecule has 0 radical (unpaired) electrons. The van der Waals surface area contributed by atoms with E-state index in [0.717, 1.165) is 0 Å². The van der Waals surface area contributed by atoms with Crippen LogP contribution in [0.25, 0.3) is 0 Å². The molecule has 2 N–H and O–H groups in total. The molecule has 106 valence electrons. The van der Waals surface area contributed by atoms with Gasteiger partial charge in [-0.05, 0) is 31.5 Å². The first-order valence-corrected chi connectivity index (χ1v) is 6.08. The van der Waals surface area contributed by atoms with Gasteiger partial charge in [0.2, 0.25) is 5.91 Å². The van der Waals surface area contributed by atoms with Crippen LogP contribution in [0.3, 0.4) is 0 Å². The fraction of sp³-hybridized carbons (Fsp3) is 0.500. The van der Waals surface area contributed by atoms with Crippen molar-refractivity contribution >= 4 is 5.91 Å². The fourth-order valence-corrected chi connectivity index (χ4v) is 1.69. The molecule has 0 atom stereocenters. The van der Waals surface area contributed by atoms with Gasteiger partial charge in [-0.25, -0.2) is 4.39 Å². The minimum absolute atomic E-state index is 0.0660. The highest BCUT2D eigenvalue weighted by Gasteiger charge is 2.19. The average molecular weight is 268 g/mol. The summed E-state index contributed by atoms with van der Waals surface area (Å²) in [7, 11) is 3.09. The first-order chi connectivity index (χ1) is 8.73. The standard InChI is InChI=1S/C14H21FN2O2/c1-14(2,16)8-13(18)17(3)9-10-5-6-12(19-4)11(15)7-10/h5-7H,8-9,16H2,1-4H3. The van der Waals surface area contributed by atoms with E-state index in [4.69, 9.17) is 10.5 Å². The molecule has 19 heavy (non-hydrogen) atoms. The highest BCUT2D eigenvalue weighted by Crippen LogP contribution is 2.18. The number of carbonyl (C=O) groups is 1. The molecule has 0 saturated heterocycles. The first-order valence-electron chi connectivity index (χ1n) is 6.08. The Balaban J connectivity index is 2.69. The molecule has 5 heteroatoms. The number of ether oxygens (including phenoxy) is 1. The first kappa shape index (κ1) is 15.4. The molecule has 0 spiro atoms. The van der Waals surface area contributed by atoms with Gasteiger partial charge in [-0.2, -0.15) is 0 Å². The quantitative estimate of drug-likeness (QED) is 0.887. The van der Waals surface area contributed by atoms with Crippen LogP contribution < -0.4 is 10.5 Å². The fourth-order valence-electron chi connectivity index (χ4n) is 1.69. The topological polar surface area (TPSA) is 55.6 Å². The Labute approximate surface area is 113 Å². The number of carbonyl (C=O) groups excluding carboxylic acids is 1. The summed E-state index contributed by atoms with van der Waals surface area (Å²) >= 11 is 0. The Kier molecular flexibility index (Phi) is 4.89. The zero-order chi connectivity index (χ0) is 14.6. The van der Waals surface area contributed by atoms with Gasteiger partial charge in [0.25, 0.3) is 0 Å². The minimum Gasteiger partial charge on any atom is -0.494 e. The van der Waals surface area contributed by atoms with E-state index in [-0.39, 0.29) is 18.1 Å². The van der Waals surface area contributed by atoms with Crippen LogP contribution in [0, 0.1) is 5.82 Å². The van der Waals surface area contributed by atoms with Crippen LogP contribution in [0.5, 0.6) is 5.75 Å². The summed E-state index contributed by atoms with van der Waals surface area (Å²) in [6.07, 6.45) is 0.252. The highest BCUT2D eigenvalue weighted by molar-refractivity contribution is 5.77. The number of benzene rings is 1. The number of rotatable bonds is 5. The van der Waals surface area contributed by atoms with E-state index in [0.29, 0.717) is 12.1 Å². The third kappa shape index (κ3) is 4.87. The van der Waals surface area contributed by atoms with Crippen LogP contribution in [-0.2, 0) is 11.3 Å². The van der Waals surface area contributed by atoms with Gasteiger partial charge < -0.3 is 15.4 Å². The number of nitrogens with zero attached hydrogens (tertiary/aromatic N) is 1. The van der Waals surface area contributed by atoms with Crippen molar-refractivity contribution < 1.29 is 13.9 Å². The van der Waals surface area contributed by atoms with Crippen molar-refractivity contribution in [2.45, 2.75) is 32.4 Å². The molecule has 1 aromatic rings. The van der Waals surface area contributed by atoms with E-state index in [1.54, 1.807) is 33.0 Å². The largest absolute Gasteiger partial charge is 0.494 e. The van der Waals surface area contributed by atoms with Crippen LogP contribution in [0.1, 0.15) is 25.8 Å². The van der Waals surface area contributed by atoms with Gasteiger partial charge >= 0.3 is 0 Å². The van der Waals surface area contributed by atoms with Gasteiger partial charge in [0.05, 0.1) is 7.11 Å². The third-order valence-electron chi connectivity index (χ3n) is 2.67. The third-order valence-corrected chi connectivity index (χ3v) is 2.67. The van der Waals surface area contributed by atoms with E-state index >= 15 is 0 Å². The summed E-state index contributed by atoms with van der Waals surface area (Å²) in [4.78, 5) is 13.4. The molecule has 0 aliphatic heterocycles. The summed E-state index contributed by atoms with van der Waals surface area (Å²) in [6, 6.07) is 4.66. The molecule has 1 aromatic carbocycles. The molecule has 0 heterocycles. The van der Waals surface area contributed by atoms with Gasteiger partial charge in [-0.1, -0.05) is 6.07 Å². The van der Waals surface area contributed by atoms with E-state index in [1.807, 2.05) is 0 Å². The van der Waals surface area contributed by atoms with E-state index in [2.05, 4.69) is 0 Å². The summed E-state index contributed by atoms with van der Waals surface area (Å²) in [5, 5.41) is 0. The second kappa shape index (κ2) is 6.02. The van der Waals surface area contributed by atoms with Crippen LogP contribution in [0.2, 0.25) is 0 Å². The molecule has 0 unspecified atom stereocenters. The highest BCUT2D eigenvalue weighted by atomic mass is 19.1. The monoisotopic (exact) mass is 268 g/mol. The normalized spacial score (nSPS) is 11.3. The molecule has 0 aromatic heterocycles. The lowest BCUT2D eigenvalue weighted by atomic mass is 10.0. The maximum atomic E-state index is 13.5. The Hall–Kier alpha value is -1.62. The Morgan fingerprint density at radius 2 is 2.11 bits per heavy atom. The molecular weight excluding hydrogens is 247 g/mol. The van der Waals surface area contributed by atoms with Crippen LogP contribution >= 0.6 is 0 Å². The predicted molar refractivity (Wildman–Crippen MR) is 72.3 cm³/mol. The van der Waals surface area contributed by atoms with Crippen molar-refractivity contribution in [2.75, 3.05) is 14.2 Å². The zero-order valence-corrected chi connectivity index (χ0v) is 11.9. The SMILES string of the molecule is COc1ccc(CN(C)C(=O)CC(C)(C)N)cc1F. The second-order valence-corrected chi connectivity index (χ2v) is 5.38. The lowest BCUT2D eigenvalue weighted by Crippen LogP contribution is -2.39. The van der Waals surface area contributed by atoms with Gasteiger partial charge in [0.15, 0.2) is 11.6 Å². The van der Waals surface area contributed by atoms with E-state index < -0.39 is 11.4 Å². The molecule has 0 aliphatic rings. The molecular formula is C14H21FN2O2. The van der Waals surface area contributed by atoms with Gasteiger partial charge in [0, 0.05) is 25.6 Å². The number of methoxy groups -OCH3 is 1. The molecule has 0 fully saturated rings. The van der Waals surface area contributed by atoms with Crippen molar-refractivity contribution in [1.29, 1.82) is 0 Å². The number of nitrogens with two attached hydrogens (primary N) is 1. The van der Waals surface area contributed by atoms with Crippen molar-refractivity contribution in [3.05, 3.63) is 29.6 Å². The molecule has 1 amide bonds. The number of hydrogen-bond acceptors (Lipinski definition) is 3. The van der Waals surface area contributed by atoms with Crippen LogP contribution in [0.15, 0.2) is 18.2 Å². The number of amides is 1. The summed E-state index contributed by atoms with van der Waals surface area (Å²) < 4.78 is 18.4. The Morgan fingerprint density at radius 3 is 2.58 bits per heavy atom. The number of hydrogen-bond donors (Lipinski definition) is 1. The molecule has 0 aliphatic carbocycles. The van der Waals surface area contributed by atoms with E-state index in [1.165, 1.54) is 18.1 Å². The Morgan fingerprint density at radius 1 is 1.47 bits per heavy atom. The van der Waals surface area contributed by atoms with Crippen molar-refractivity contribution in [1.82, 2.24) is 4.90 Å². The van der Waals surface area contributed by atoms with Crippen LogP contribution in [-0.4, -0.2) is 30.5 Å². The summed E-state index contributed by atoms with van der Waals surface area (Å²) in [5.74, 6) is -0.301. The van der Waals surface area contributed by atoms with Crippen molar-refractivity contribution in [2.24, 2.45) is 5.73 Å². The predicted octanol–water partition coefficient (Wildman–Crippen LogP) is 1.92. The van der Waals surface area contributed by atoms with E-state index in [9.17, 15) is 9.18 Å². The maximum Gasteiger partial charge on any atom is 0.224 e. The molecule has 1 rings (SSSR count). The average Bonchev–Trinajstić information content (AvgIpc) is 2.27. The molecule has 0 bridgehead atoms. The van der Waals surface area contributed by atoms with Gasteiger partial charge in [-0.3, -0.25) is 4.79 Å². The lowest BCUT2D eigenvalue weighted by Gasteiger charge is -2.23.